The molecule has 11 heteroatoms. The number of carbonyl (C=O) groups is 2. The van der Waals surface area contributed by atoms with Gasteiger partial charge in [-0.1, -0.05) is 6.07 Å². The van der Waals surface area contributed by atoms with Gasteiger partial charge in [0, 0.05) is 31.1 Å². The molecule has 29 heavy (non-hydrogen) atoms. The van der Waals surface area contributed by atoms with Crippen LogP contribution in [0.15, 0.2) is 43.0 Å². The number of carbonyl (C=O) groups excluding carboxylic acids is 2. The van der Waals surface area contributed by atoms with Gasteiger partial charge in [0.1, 0.15) is 6.33 Å². The summed E-state index contributed by atoms with van der Waals surface area (Å²) in [6.45, 7) is -1.19. The summed E-state index contributed by atoms with van der Waals surface area (Å²) in [5.41, 5.74) is -3.05. The van der Waals surface area contributed by atoms with Crippen molar-refractivity contribution in [3.8, 4) is 11.8 Å². The Bertz CT molecular complexity index is 851. The smallest absolute Gasteiger partial charge is 0.419 e. The van der Waals surface area contributed by atoms with Crippen molar-refractivity contribution in [1.29, 1.82) is 0 Å². The van der Waals surface area contributed by atoms with Gasteiger partial charge in [-0.3, -0.25) is 9.69 Å². The van der Waals surface area contributed by atoms with Gasteiger partial charge in [0.05, 0.1) is 0 Å². The summed E-state index contributed by atoms with van der Waals surface area (Å²) < 4.78 is 52.5. The summed E-state index contributed by atoms with van der Waals surface area (Å²) in [5, 5.41) is 0. The van der Waals surface area contributed by atoms with Gasteiger partial charge < -0.3 is 9.47 Å². The van der Waals surface area contributed by atoms with E-state index >= 15 is 0 Å². The number of ether oxygens (including phenoxy) is 2. The molecule has 0 bridgehead atoms. The van der Waals surface area contributed by atoms with E-state index in [0.29, 0.717) is 11.3 Å². The van der Waals surface area contributed by atoms with E-state index in [1.807, 2.05) is 0 Å². The molecule has 1 fully saturated rings. The van der Waals surface area contributed by atoms with E-state index in [2.05, 4.69) is 15.0 Å². The number of likely N-dealkylation sites (tertiary alicyclic amines) is 1. The predicted molar refractivity (Wildman–Crippen MR) is 92.1 cm³/mol. The number of hydrogen-bond donors (Lipinski definition) is 0. The van der Waals surface area contributed by atoms with Crippen LogP contribution in [0.25, 0.3) is 0 Å². The highest BCUT2D eigenvalue weighted by molar-refractivity contribution is 5.94. The number of Topliss-reactive ketones (excluding diaryl/α,β-unsaturated/α-hetero) is 1. The average molecular weight is 410 g/mol. The Hall–Kier alpha value is -3.24. The maximum Gasteiger partial charge on any atom is 0.419 e. The molecule has 1 atom stereocenters. The molecule has 0 aliphatic carbocycles. The van der Waals surface area contributed by atoms with Gasteiger partial charge in [-0.05, 0) is 25.3 Å². The molecule has 1 aliphatic rings. The average Bonchev–Trinajstić information content (AvgIpc) is 2.72. The first-order valence-corrected chi connectivity index (χ1v) is 8.74. The SMILES string of the molecule is O=C(Oc1ccncn1)N1CCCCC1(C(=O)COc1ccccn1)C(F)(F)F. The van der Waals surface area contributed by atoms with Crippen molar-refractivity contribution in [2.75, 3.05) is 13.2 Å². The summed E-state index contributed by atoms with van der Waals surface area (Å²) >= 11 is 0. The molecule has 1 amide bonds. The third kappa shape index (κ3) is 4.28. The molecule has 1 unspecified atom stereocenters. The van der Waals surface area contributed by atoms with Crippen LogP contribution in [0.4, 0.5) is 18.0 Å². The van der Waals surface area contributed by atoms with Crippen LogP contribution >= 0.6 is 0 Å². The highest BCUT2D eigenvalue weighted by Crippen LogP contribution is 2.43. The molecule has 2 aromatic rings. The van der Waals surface area contributed by atoms with E-state index in [1.165, 1.54) is 24.5 Å². The standard InChI is InChI=1S/C18H17F3N4O4/c19-18(20,21)17(13(26)11-28-14-5-1-3-8-23-14)7-2-4-10-25(17)16(27)29-15-6-9-22-12-24-15/h1,3,5-6,8-9,12H,2,4,7,10-11H2. The highest BCUT2D eigenvalue weighted by atomic mass is 19.4. The predicted octanol–water partition coefficient (Wildman–Crippen LogP) is 2.81. The van der Waals surface area contributed by atoms with Gasteiger partial charge in [-0.25, -0.2) is 19.7 Å². The van der Waals surface area contributed by atoms with E-state index in [0.717, 1.165) is 6.33 Å². The molecule has 0 spiro atoms. The van der Waals surface area contributed by atoms with Gasteiger partial charge in [0.15, 0.2) is 6.61 Å². The maximum atomic E-state index is 14.2. The molecule has 8 nitrogen and oxygen atoms in total. The highest BCUT2D eigenvalue weighted by Gasteiger charge is 2.65. The fourth-order valence-electron chi connectivity index (χ4n) is 3.14. The summed E-state index contributed by atoms with van der Waals surface area (Å²) in [4.78, 5) is 36.8. The van der Waals surface area contributed by atoms with Crippen LogP contribution in [0.2, 0.25) is 0 Å². The minimum atomic E-state index is -5.03. The maximum absolute atomic E-state index is 14.2. The molecule has 0 saturated carbocycles. The van der Waals surface area contributed by atoms with Crippen LogP contribution in [0.3, 0.4) is 0 Å². The Morgan fingerprint density at radius 2 is 1.93 bits per heavy atom. The number of pyridine rings is 1. The Labute approximate surface area is 163 Å². The lowest BCUT2D eigenvalue weighted by atomic mass is 9.82. The number of amides is 1. The molecule has 0 radical (unpaired) electrons. The summed E-state index contributed by atoms with van der Waals surface area (Å²) in [6.07, 6.45) is -2.77. The first kappa shape index (κ1) is 20.5. The molecule has 0 aromatic carbocycles. The van der Waals surface area contributed by atoms with Crippen LogP contribution in [0.5, 0.6) is 11.8 Å². The molecule has 0 N–H and O–H groups in total. The molecule has 3 heterocycles. The lowest BCUT2D eigenvalue weighted by molar-refractivity contribution is -0.229. The van der Waals surface area contributed by atoms with Crippen LogP contribution < -0.4 is 9.47 Å². The van der Waals surface area contributed by atoms with E-state index in [4.69, 9.17) is 9.47 Å². The van der Waals surface area contributed by atoms with Crippen molar-refractivity contribution in [3.63, 3.8) is 0 Å². The number of ketones is 1. The molecular formula is C18H17F3N4O4. The third-order valence-corrected chi connectivity index (χ3v) is 4.52. The topological polar surface area (TPSA) is 94.5 Å². The lowest BCUT2D eigenvalue weighted by Gasteiger charge is -2.45. The Kier molecular flexibility index (Phi) is 5.95. The van der Waals surface area contributed by atoms with Crippen molar-refractivity contribution in [2.24, 2.45) is 0 Å². The molecular weight excluding hydrogens is 393 g/mol. The Morgan fingerprint density at radius 1 is 1.10 bits per heavy atom. The van der Waals surface area contributed by atoms with Gasteiger partial charge in [0.25, 0.3) is 0 Å². The zero-order valence-electron chi connectivity index (χ0n) is 15.1. The second kappa shape index (κ2) is 8.41. The fourth-order valence-corrected chi connectivity index (χ4v) is 3.14. The van der Waals surface area contributed by atoms with Gasteiger partial charge >= 0.3 is 12.3 Å². The summed E-state index contributed by atoms with van der Waals surface area (Å²) in [6, 6.07) is 5.80. The lowest BCUT2D eigenvalue weighted by Crippen LogP contribution is -2.68. The molecule has 154 valence electrons. The quantitative estimate of drug-likeness (QED) is 0.748. The third-order valence-electron chi connectivity index (χ3n) is 4.52. The normalized spacial score (nSPS) is 19.5. The first-order valence-electron chi connectivity index (χ1n) is 8.74. The molecule has 3 rings (SSSR count). The number of alkyl halides is 3. The van der Waals surface area contributed by atoms with Gasteiger partial charge in [-0.2, -0.15) is 13.2 Å². The van der Waals surface area contributed by atoms with E-state index in [-0.39, 0.29) is 24.7 Å². The zero-order valence-corrected chi connectivity index (χ0v) is 15.1. The van der Waals surface area contributed by atoms with Crippen LogP contribution in [-0.4, -0.2) is 56.6 Å². The van der Waals surface area contributed by atoms with Crippen molar-refractivity contribution in [3.05, 3.63) is 43.0 Å². The number of halogens is 3. The van der Waals surface area contributed by atoms with Crippen molar-refractivity contribution >= 4 is 11.9 Å². The Morgan fingerprint density at radius 3 is 2.59 bits per heavy atom. The number of piperidine rings is 1. The van der Waals surface area contributed by atoms with Crippen LogP contribution in [0.1, 0.15) is 19.3 Å². The number of aromatic nitrogens is 3. The first-order chi connectivity index (χ1) is 13.8. The second-order valence-corrected chi connectivity index (χ2v) is 6.26. The second-order valence-electron chi connectivity index (χ2n) is 6.26. The minimum absolute atomic E-state index is 0.00379. The Balaban J connectivity index is 1.86. The summed E-state index contributed by atoms with van der Waals surface area (Å²) in [7, 11) is 0. The molecule has 2 aromatic heterocycles. The van der Waals surface area contributed by atoms with Crippen LogP contribution in [-0.2, 0) is 4.79 Å². The molecule has 1 saturated heterocycles. The summed E-state index contributed by atoms with van der Waals surface area (Å²) in [5.74, 6) is -1.51. The largest absolute Gasteiger partial charge is 0.470 e. The van der Waals surface area contributed by atoms with Crippen molar-refractivity contribution in [1.82, 2.24) is 19.9 Å². The number of rotatable bonds is 5. The minimum Gasteiger partial charge on any atom is -0.470 e. The van der Waals surface area contributed by atoms with Crippen molar-refractivity contribution in [2.45, 2.75) is 31.0 Å². The monoisotopic (exact) mass is 410 g/mol. The number of nitrogens with zero attached hydrogens (tertiary/aromatic N) is 4. The van der Waals surface area contributed by atoms with E-state index < -0.39 is 36.6 Å². The fraction of sp³-hybridized carbons (Fsp3) is 0.389. The van der Waals surface area contributed by atoms with Crippen molar-refractivity contribution < 1.29 is 32.2 Å². The zero-order chi connectivity index (χ0) is 20.9. The van der Waals surface area contributed by atoms with Gasteiger partial charge in [-0.15, -0.1) is 0 Å². The van der Waals surface area contributed by atoms with Crippen LogP contribution in [0, 0.1) is 0 Å². The van der Waals surface area contributed by atoms with E-state index in [1.54, 1.807) is 12.1 Å². The molecule has 1 aliphatic heterocycles. The van der Waals surface area contributed by atoms with Gasteiger partial charge in [0.2, 0.25) is 23.1 Å². The number of hydrogen-bond acceptors (Lipinski definition) is 7. The van der Waals surface area contributed by atoms with E-state index in [9.17, 15) is 22.8 Å².